The summed E-state index contributed by atoms with van der Waals surface area (Å²) in [6.45, 7) is 6.19. The molecule has 2 aromatic rings. The Kier molecular flexibility index (Phi) is 7.93. The van der Waals surface area contributed by atoms with E-state index in [1.807, 2.05) is 26.8 Å². The van der Waals surface area contributed by atoms with E-state index in [0.29, 0.717) is 34.4 Å². The monoisotopic (exact) mass is 414 g/mol. The molecular weight excluding hydrogens is 392 g/mol. The summed E-state index contributed by atoms with van der Waals surface area (Å²) >= 11 is 6.38. The quantitative estimate of drug-likeness (QED) is 0.353. The minimum absolute atomic E-state index is 0.0427. The van der Waals surface area contributed by atoms with E-state index in [0.717, 1.165) is 6.42 Å². The van der Waals surface area contributed by atoms with Crippen LogP contribution in [0.25, 0.3) is 6.08 Å². The van der Waals surface area contributed by atoms with Gasteiger partial charge in [0.15, 0.2) is 11.5 Å². The summed E-state index contributed by atoms with van der Waals surface area (Å²) in [5.74, 6) is 0.388. The average Bonchev–Trinajstić information content (AvgIpc) is 2.70. The predicted molar refractivity (Wildman–Crippen MR) is 113 cm³/mol. The number of hydrogen-bond acceptors (Lipinski definition) is 5. The van der Waals surface area contributed by atoms with Gasteiger partial charge in [0.1, 0.15) is 17.4 Å². The molecular formula is C22H23ClN2O4. The smallest absolute Gasteiger partial charge is 0.266 e. The number of aromatic hydroxyl groups is 1. The van der Waals surface area contributed by atoms with Crippen molar-refractivity contribution < 1.29 is 19.4 Å². The molecule has 2 N–H and O–H groups in total. The molecule has 152 valence electrons. The Morgan fingerprint density at radius 1 is 1.31 bits per heavy atom. The molecule has 6 nitrogen and oxygen atoms in total. The van der Waals surface area contributed by atoms with Gasteiger partial charge in [-0.3, -0.25) is 4.79 Å². The van der Waals surface area contributed by atoms with Crippen molar-refractivity contribution in [2.24, 2.45) is 0 Å². The maximum Gasteiger partial charge on any atom is 0.266 e. The third-order valence-electron chi connectivity index (χ3n) is 4.03. The number of nitrogens with zero attached hydrogens (tertiary/aromatic N) is 1. The van der Waals surface area contributed by atoms with Crippen molar-refractivity contribution in [3.05, 3.63) is 52.6 Å². The topological polar surface area (TPSA) is 91.6 Å². The van der Waals surface area contributed by atoms with E-state index in [-0.39, 0.29) is 17.4 Å². The number of rotatable bonds is 8. The van der Waals surface area contributed by atoms with Crippen molar-refractivity contribution in [2.45, 2.75) is 33.3 Å². The van der Waals surface area contributed by atoms with Crippen LogP contribution in [0, 0.1) is 11.3 Å². The van der Waals surface area contributed by atoms with Gasteiger partial charge in [-0.05, 0) is 68.3 Å². The van der Waals surface area contributed by atoms with Crippen LogP contribution in [-0.2, 0) is 4.79 Å². The summed E-state index contributed by atoms with van der Waals surface area (Å²) in [6.07, 6.45) is 2.19. The first-order valence-electron chi connectivity index (χ1n) is 9.23. The van der Waals surface area contributed by atoms with Crippen LogP contribution in [-0.4, -0.2) is 23.7 Å². The molecule has 0 aliphatic rings. The number of nitrogens with one attached hydrogen (secondary N) is 1. The Bertz CT molecular complexity index is 933. The molecule has 2 aromatic carbocycles. The van der Waals surface area contributed by atoms with Gasteiger partial charge in [0.05, 0.1) is 17.7 Å². The maximum atomic E-state index is 12.4. The van der Waals surface area contributed by atoms with Gasteiger partial charge in [0, 0.05) is 5.69 Å². The van der Waals surface area contributed by atoms with E-state index in [4.69, 9.17) is 21.1 Å². The first-order valence-corrected chi connectivity index (χ1v) is 9.60. The normalized spacial score (nSPS) is 12.0. The number of halogens is 1. The summed E-state index contributed by atoms with van der Waals surface area (Å²) < 4.78 is 11.5. The van der Waals surface area contributed by atoms with Crippen molar-refractivity contribution in [2.75, 3.05) is 11.9 Å². The van der Waals surface area contributed by atoms with Crippen molar-refractivity contribution in [3.63, 3.8) is 0 Å². The summed E-state index contributed by atoms with van der Waals surface area (Å²) in [5.41, 5.74) is 0.888. The second-order valence-corrected chi connectivity index (χ2v) is 6.68. The lowest BCUT2D eigenvalue weighted by molar-refractivity contribution is -0.112. The molecule has 0 saturated carbocycles. The summed E-state index contributed by atoms with van der Waals surface area (Å²) in [6, 6.07) is 11.1. The number of hydrogen-bond donors (Lipinski definition) is 2. The second kappa shape index (κ2) is 10.4. The fourth-order valence-electron chi connectivity index (χ4n) is 2.39. The lowest BCUT2D eigenvalue weighted by Crippen LogP contribution is -2.13. The first kappa shape index (κ1) is 22.1. The first-order chi connectivity index (χ1) is 13.9. The molecule has 7 heteroatoms. The Hall–Kier alpha value is -3.17. The van der Waals surface area contributed by atoms with Gasteiger partial charge < -0.3 is 19.9 Å². The predicted octanol–water partition coefficient (Wildman–Crippen LogP) is 5.17. The third-order valence-corrected chi connectivity index (χ3v) is 4.31. The van der Waals surface area contributed by atoms with E-state index >= 15 is 0 Å². The van der Waals surface area contributed by atoms with Crippen LogP contribution in [0.2, 0.25) is 5.02 Å². The van der Waals surface area contributed by atoms with Crippen molar-refractivity contribution in [1.29, 1.82) is 5.26 Å². The SMILES string of the molecule is CCOc1cc(/C=C(/C#N)C(=O)Nc2ccc(O)cc2)cc(Cl)c1O[C@@H](C)CC. The molecule has 0 saturated heterocycles. The number of nitriles is 1. The molecule has 1 amide bonds. The molecule has 0 aliphatic heterocycles. The Labute approximate surface area is 175 Å². The maximum absolute atomic E-state index is 12.4. The number of benzene rings is 2. The molecule has 0 bridgehead atoms. The van der Waals surface area contributed by atoms with Crippen molar-refractivity contribution >= 4 is 29.3 Å². The number of carbonyl (C=O) groups excluding carboxylic acids is 1. The lowest BCUT2D eigenvalue weighted by Gasteiger charge is -2.18. The number of anilines is 1. The number of phenols is 1. The van der Waals surface area contributed by atoms with E-state index < -0.39 is 5.91 Å². The molecule has 0 heterocycles. The van der Waals surface area contributed by atoms with Gasteiger partial charge in [-0.25, -0.2) is 0 Å². The Morgan fingerprint density at radius 3 is 2.59 bits per heavy atom. The van der Waals surface area contributed by atoms with Crippen LogP contribution < -0.4 is 14.8 Å². The number of ether oxygens (including phenoxy) is 2. The van der Waals surface area contributed by atoms with E-state index in [1.165, 1.54) is 30.3 Å². The standard InChI is InChI=1S/C22H23ClN2O4/c1-4-14(3)29-21-19(23)11-15(12-20(21)28-5-2)10-16(13-24)22(27)25-17-6-8-18(26)9-7-17/h6-12,14,26H,4-5H2,1-3H3,(H,25,27)/b16-10-/t14-/m0/s1. The summed E-state index contributed by atoms with van der Waals surface area (Å²) in [5, 5.41) is 21.7. The number of phenolic OH excluding ortho intramolecular Hbond substituents is 1. The molecule has 0 unspecified atom stereocenters. The number of carbonyl (C=O) groups is 1. The molecule has 0 radical (unpaired) electrons. The molecule has 1 atom stereocenters. The zero-order valence-electron chi connectivity index (χ0n) is 16.5. The Balaban J connectivity index is 2.33. The highest BCUT2D eigenvalue weighted by atomic mass is 35.5. The van der Waals surface area contributed by atoms with E-state index in [2.05, 4.69) is 5.32 Å². The van der Waals surface area contributed by atoms with Crippen LogP contribution in [0.4, 0.5) is 5.69 Å². The highest BCUT2D eigenvalue weighted by Gasteiger charge is 2.16. The molecule has 0 fully saturated rings. The van der Waals surface area contributed by atoms with Gasteiger partial charge >= 0.3 is 0 Å². The van der Waals surface area contributed by atoms with Gasteiger partial charge in [0.2, 0.25) is 0 Å². The highest BCUT2D eigenvalue weighted by molar-refractivity contribution is 6.32. The van der Waals surface area contributed by atoms with Crippen LogP contribution in [0.1, 0.15) is 32.8 Å². The highest BCUT2D eigenvalue weighted by Crippen LogP contribution is 2.38. The molecule has 0 aliphatic carbocycles. The number of amides is 1. The van der Waals surface area contributed by atoms with Crippen molar-refractivity contribution in [3.8, 4) is 23.3 Å². The third kappa shape index (κ3) is 6.16. The van der Waals surface area contributed by atoms with Crippen molar-refractivity contribution in [1.82, 2.24) is 0 Å². The van der Waals surface area contributed by atoms with Gasteiger partial charge in [0.25, 0.3) is 5.91 Å². The minimum Gasteiger partial charge on any atom is -0.508 e. The zero-order valence-corrected chi connectivity index (χ0v) is 17.3. The zero-order chi connectivity index (χ0) is 21.4. The van der Waals surface area contributed by atoms with Crippen LogP contribution in [0.3, 0.4) is 0 Å². The molecule has 0 aromatic heterocycles. The fraction of sp³-hybridized carbons (Fsp3) is 0.273. The van der Waals surface area contributed by atoms with Crippen LogP contribution >= 0.6 is 11.6 Å². The minimum atomic E-state index is -0.577. The van der Waals surface area contributed by atoms with E-state index in [1.54, 1.807) is 12.1 Å². The largest absolute Gasteiger partial charge is 0.508 e. The van der Waals surface area contributed by atoms with Gasteiger partial charge in [-0.15, -0.1) is 0 Å². The molecule has 0 spiro atoms. The van der Waals surface area contributed by atoms with Gasteiger partial charge in [-0.1, -0.05) is 18.5 Å². The lowest BCUT2D eigenvalue weighted by atomic mass is 10.1. The van der Waals surface area contributed by atoms with Gasteiger partial charge in [-0.2, -0.15) is 5.26 Å². The molecule has 2 rings (SSSR count). The second-order valence-electron chi connectivity index (χ2n) is 6.27. The fourth-order valence-corrected chi connectivity index (χ4v) is 2.66. The van der Waals surface area contributed by atoms with E-state index in [9.17, 15) is 15.2 Å². The van der Waals surface area contributed by atoms with Crippen LogP contribution in [0.15, 0.2) is 42.0 Å². The summed E-state index contributed by atoms with van der Waals surface area (Å²) in [4.78, 5) is 12.4. The van der Waals surface area contributed by atoms with Crippen LogP contribution in [0.5, 0.6) is 17.2 Å². The average molecular weight is 415 g/mol. The Morgan fingerprint density at radius 2 is 2.00 bits per heavy atom. The molecule has 29 heavy (non-hydrogen) atoms. The summed E-state index contributed by atoms with van der Waals surface area (Å²) in [7, 11) is 0.